The molecule has 1 fully saturated rings. The number of sulfonamides is 1. The first kappa shape index (κ1) is 24.2. The van der Waals surface area contributed by atoms with E-state index in [4.69, 9.17) is 14.2 Å². The lowest BCUT2D eigenvalue weighted by Gasteiger charge is -2.36. The van der Waals surface area contributed by atoms with Gasteiger partial charge in [-0.05, 0) is 59.8 Å². The Labute approximate surface area is 191 Å². The molecule has 0 bridgehead atoms. The van der Waals surface area contributed by atoms with E-state index in [0.717, 1.165) is 5.56 Å². The van der Waals surface area contributed by atoms with Crippen LogP contribution in [-0.4, -0.2) is 50.2 Å². The lowest BCUT2D eigenvalue weighted by Crippen LogP contribution is -2.61. The first-order chi connectivity index (χ1) is 14.2. The van der Waals surface area contributed by atoms with Crippen molar-refractivity contribution in [3.63, 3.8) is 0 Å². The number of benzene rings is 1. The zero-order valence-corrected chi connectivity index (χ0v) is 20.8. The summed E-state index contributed by atoms with van der Waals surface area (Å²) < 4.78 is 47.0. The van der Waals surface area contributed by atoms with Gasteiger partial charge in [0, 0.05) is 4.48 Å². The molecule has 172 valence electrons. The third kappa shape index (κ3) is 5.87. The smallest absolute Gasteiger partial charge is 0.408 e. The summed E-state index contributed by atoms with van der Waals surface area (Å²) in [7, 11) is -3.90. The van der Waals surface area contributed by atoms with Crippen LogP contribution in [0.3, 0.4) is 0 Å². The van der Waals surface area contributed by atoms with Crippen molar-refractivity contribution in [2.75, 3.05) is 0 Å². The van der Waals surface area contributed by atoms with Gasteiger partial charge in [-0.1, -0.05) is 33.6 Å². The van der Waals surface area contributed by atoms with Crippen LogP contribution in [0.4, 0.5) is 4.79 Å². The third-order valence-electron chi connectivity index (χ3n) is 4.79. The Kier molecular flexibility index (Phi) is 6.61. The normalized spacial score (nSPS) is 27.9. The van der Waals surface area contributed by atoms with Crippen molar-refractivity contribution in [1.29, 1.82) is 0 Å². The minimum atomic E-state index is -3.90. The Morgan fingerprint density at radius 3 is 2.35 bits per heavy atom. The first-order valence-corrected chi connectivity index (χ1v) is 12.3. The molecule has 1 aliphatic carbocycles. The Morgan fingerprint density at radius 1 is 1.16 bits per heavy atom. The molecule has 1 amide bonds. The number of carbonyl (C=O) groups is 1. The molecule has 1 heterocycles. The number of fused-ring (bicyclic) bond motifs is 1. The number of aryl methyl sites for hydroxylation is 1. The maximum Gasteiger partial charge on any atom is 0.408 e. The van der Waals surface area contributed by atoms with Crippen LogP contribution in [-0.2, 0) is 24.2 Å². The minimum Gasteiger partial charge on any atom is -0.444 e. The maximum absolute atomic E-state index is 13.1. The topological polar surface area (TPSA) is 103 Å². The summed E-state index contributed by atoms with van der Waals surface area (Å²) in [5, 5.41) is 2.75. The average molecular weight is 517 g/mol. The van der Waals surface area contributed by atoms with Gasteiger partial charge >= 0.3 is 6.09 Å². The lowest BCUT2D eigenvalue weighted by atomic mass is 9.92. The van der Waals surface area contributed by atoms with E-state index in [1.165, 1.54) is 12.1 Å². The number of rotatable bonds is 4. The largest absolute Gasteiger partial charge is 0.444 e. The fraction of sp³-hybridized carbons (Fsp3) is 0.571. The van der Waals surface area contributed by atoms with E-state index in [1.54, 1.807) is 52.8 Å². The second kappa shape index (κ2) is 8.47. The molecule has 10 heteroatoms. The van der Waals surface area contributed by atoms with Gasteiger partial charge < -0.3 is 19.5 Å². The molecule has 0 aromatic heterocycles. The van der Waals surface area contributed by atoms with Crippen molar-refractivity contribution in [3.8, 4) is 0 Å². The fourth-order valence-electron chi connectivity index (χ4n) is 3.52. The molecule has 1 aliphatic heterocycles. The van der Waals surface area contributed by atoms with Crippen molar-refractivity contribution in [2.24, 2.45) is 0 Å². The Hall–Kier alpha value is -1.46. The number of carbonyl (C=O) groups excluding carboxylic acids is 1. The monoisotopic (exact) mass is 516 g/mol. The number of alkyl carbamates (subject to hydrolysis) is 1. The number of halogens is 1. The number of hydrogen-bond acceptors (Lipinski definition) is 6. The molecule has 8 nitrogen and oxygen atoms in total. The van der Waals surface area contributed by atoms with E-state index >= 15 is 0 Å². The Bertz CT molecular complexity index is 969. The highest BCUT2D eigenvalue weighted by Gasteiger charge is 2.52. The zero-order valence-electron chi connectivity index (χ0n) is 18.4. The highest BCUT2D eigenvalue weighted by molar-refractivity contribution is 9.11. The average Bonchev–Trinajstić information content (AvgIpc) is 2.93. The summed E-state index contributed by atoms with van der Waals surface area (Å²) >= 11 is 3.49. The zero-order chi connectivity index (χ0) is 23.2. The predicted molar refractivity (Wildman–Crippen MR) is 119 cm³/mol. The minimum absolute atomic E-state index is 0.123. The Balaban J connectivity index is 1.93. The van der Waals surface area contributed by atoms with Crippen LogP contribution < -0.4 is 10.0 Å². The van der Waals surface area contributed by atoms with Crippen LogP contribution >= 0.6 is 15.9 Å². The van der Waals surface area contributed by atoms with E-state index in [1.807, 2.05) is 6.92 Å². The van der Waals surface area contributed by atoms with Crippen LogP contribution in [0.25, 0.3) is 0 Å². The number of amides is 1. The van der Waals surface area contributed by atoms with Crippen LogP contribution in [0.1, 0.15) is 40.2 Å². The van der Waals surface area contributed by atoms with E-state index in [2.05, 4.69) is 26.0 Å². The number of ether oxygens (including phenoxy) is 3. The maximum atomic E-state index is 13.1. The third-order valence-corrected chi connectivity index (χ3v) is 6.98. The molecule has 0 spiro atoms. The predicted octanol–water partition coefficient (Wildman–Crippen LogP) is 3.35. The molecular weight excluding hydrogens is 488 g/mol. The van der Waals surface area contributed by atoms with Gasteiger partial charge in [0.05, 0.1) is 17.0 Å². The van der Waals surface area contributed by atoms with Crippen LogP contribution in [0.2, 0.25) is 0 Å². The van der Waals surface area contributed by atoms with Crippen LogP contribution in [0.5, 0.6) is 0 Å². The molecule has 2 aliphatic rings. The molecule has 2 N–H and O–H groups in total. The highest BCUT2D eigenvalue weighted by Crippen LogP contribution is 2.40. The summed E-state index contributed by atoms with van der Waals surface area (Å²) in [6.45, 7) is 10.7. The summed E-state index contributed by atoms with van der Waals surface area (Å²) in [6.07, 6.45) is -0.143. The fourth-order valence-corrected chi connectivity index (χ4v) is 5.43. The Morgan fingerprint density at radius 2 is 1.77 bits per heavy atom. The summed E-state index contributed by atoms with van der Waals surface area (Å²) in [5.41, 5.74) is 0.246. The molecule has 1 saturated heterocycles. The molecule has 1 aromatic rings. The SMILES string of the molecule is Cc1ccc(S(=O)(=O)N[C@H]2[C@@H]3OC(C)(C)O[C@@H]3C(Br)=C[C@@H]2NC(=O)OC(C)(C)C)cc1. The van der Waals surface area contributed by atoms with Gasteiger partial charge in [0.15, 0.2) is 5.79 Å². The van der Waals surface area contributed by atoms with Crippen molar-refractivity contribution < 1.29 is 27.4 Å². The van der Waals surface area contributed by atoms with Crippen molar-refractivity contribution in [1.82, 2.24) is 10.0 Å². The molecule has 0 saturated carbocycles. The molecule has 4 atom stereocenters. The second-order valence-corrected chi connectivity index (χ2v) is 11.8. The summed E-state index contributed by atoms with van der Waals surface area (Å²) in [5.74, 6) is -0.920. The van der Waals surface area contributed by atoms with Crippen LogP contribution in [0, 0.1) is 6.92 Å². The molecule has 0 radical (unpaired) electrons. The lowest BCUT2D eigenvalue weighted by molar-refractivity contribution is -0.145. The number of nitrogens with one attached hydrogen (secondary N) is 2. The van der Waals surface area contributed by atoms with Crippen molar-refractivity contribution >= 4 is 32.0 Å². The second-order valence-electron chi connectivity index (χ2n) is 9.20. The van der Waals surface area contributed by atoms with Gasteiger partial charge in [0.25, 0.3) is 0 Å². The van der Waals surface area contributed by atoms with Gasteiger partial charge in [-0.25, -0.2) is 17.9 Å². The van der Waals surface area contributed by atoms with E-state index in [9.17, 15) is 13.2 Å². The van der Waals surface area contributed by atoms with Crippen molar-refractivity contribution in [3.05, 3.63) is 40.4 Å². The standard InChI is InChI=1S/C21H29BrN2O6S/c1-12-7-9-13(10-8-12)31(26,27)24-16-15(23-19(25)30-20(2,3)4)11-14(22)17-18(16)29-21(5,6)28-17/h7-11,15-18,24H,1-6H3,(H,23,25)/t15-,16+,17+,18-/m0/s1. The molecular formula is C21H29BrN2O6S. The highest BCUT2D eigenvalue weighted by atomic mass is 79.9. The van der Waals surface area contributed by atoms with Gasteiger partial charge in [-0.3, -0.25) is 0 Å². The molecule has 3 rings (SSSR count). The first-order valence-electron chi connectivity index (χ1n) is 9.98. The van der Waals surface area contributed by atoms with Gasteiger partial charge in [0.2, 0.25) is 10.0 Å². The van der Waals surface area contributed by atoms with Crippen molar-refractivity contribution in [2.45, 2.75) is 82.1 Å². The van der Waals surface area contributed by atoms with E-state index < -0.39 is 51.8 Å². The van der Waals surface area contributed by atoms with Gasteiger partial charge in [-0.15, -0.1) is 0 Å². The van der Waals surface area contributed by atoms with Crippen LogP contribution in [0.15, 0.2) is 39.7 Å². The van der Waals surface area contributed by atoms with Gasteiger partial charge in [-0.2, -0.15) is 0 Å². The number of hydrogen-bond donors (Lipinski definition) is 2. The van der Waals surface area contributed by atoms with E-state index in [-0.39, 0.29) is 4.90 Å². The molecule has 1 aromatic carbocycles. The molecule has 31 heavy (non-hydrogen) atoms. The molecule has 0 unspecified atom stereocenters. The summed E-state index contributed by atoms with van der Waals surface area (Å²) in [4.78, 5) is 12.6. The quantitative estimate of drug-likeness (QED) is 0.635. The van der Waals surface area contributed by atoms with E-state index in [0.29, 0.717) is 4.48 Å². The summed E-state index contributed by atoms with van der Waals surface area (Å²) in [6, 6.07) is 4.97. The van der Waals surface area contributed by atoms with Gasteiger partial charge in [0.1, 0.15) is 17.8 Å².